The molecular weight excluding hydrogens is 300 g/mol. The van der Waals surface area contributed by atoms with Crippen molar-refractivity contribution in [3.8, 4) is 5.75 Å². The summed E-state index contributed by atoms with van der Waals surface area (Å²) < 4.78 is 31.9. The molecule has 0 unspecified atom stereocenters. The number of anilines is 1. The van der Waals surface area contributed by atoms with Crippen LogP contribution in [0.5, 0.6) is 5.75 Å². The van der Waals surface area contributed by atoms with Crippen LogP contribution in [-0.4, -0.2) is 20.0 Å². The molecule has 1 heterocycles. The number of pyridine rings is 1. The zero-order valence-electron chi connectivity index (χ0n) is 10.7. The molecule has 0 aliphatic rings. The molecule has 0 atom stereocenters. The van der Waals surface area contributed by atoms with E-state index in [1.54, 1.807) is 18.2 Å². The van der Waals surface area contributed by atoms with Crippen LogP contribution in [0.1, 0.15) is 6.92 Å². The number of sulfonamides is 1. The van der Waals surface area contributed by atoms with E-state index in [0.717, 1.165) is 0 Å². The highest BCUT2D eigenvalue weighted by Gasteiger charge is 2.14. The summed E-state index contributed by atoms with van der Waals surface area (Å²) in [5.41, 5.74) is 0. The quantitative estimate of drug-likeness (QED) is 0.921. The van der Waals surface area contributed by atoms with Crippen LogP contribution in [0.2, 0.25) is 5.02 Å². The third kappa shape index (κ3) is 3.61. The van der Waals surface area contributed by atoms with Crippen LogP contribution in [0.3, 0.4) is 0 Å². The summed E-state index contributed by atoms with van der Waals surface area (Å²) in [6.45, 7) is 2.39. The molecule has 0 bridgehead atoms. The van der Waals surface area contributed by atoms with Crippen molar-refractivity contribution >= 4 is 27.4 Å². The summed E-state index contributed by atoms with van der Waals surface area (Å²) in [5.74, 6) is 0.833. The van der Waals surface area contributed by atoms with Gasteiger partial charge in [0.15, 0.2) is 0 Å². The largest absolute Gasteiger partial charge is 0.494 e. The topological polar surface area (TPSA) is 68.3 Å². The molecule has 0 aliphatic carbocycles. The lowest BCUT2D eigenvalue weighted by Gasteiger charge is -2.08. The Morgan fingerprint density at radius 3 is 2.45 bits per heavy atom. The fourth-order valence-corrected chi connectivity index (χ4v) is 2.63. The SMILES string of the molecule is CCOc1ccc(S(=O)(=O)Nc2ccc(Cl)cn2)cc1. The van der Waals surface area contributed by atoms with Gasteiger partial charge in [0.2, 0.25) is 0 Å². The first kappa shape index (κ1) is 14.6. The smallest absolute Gasteiger partial charge is 0.263 e. The molecule has 5 nitrogen and oxygen atoms in total. The highest BCUT2D eigenvalue weighted by molar-refractivity contribution is 7.92. The third-order valence-corrected chi connectivity index (χ3v) is 4.01. The lowest BCUT2D eigenvalue weighted by Crippen LogP contribution is -2.13. The minimum absolute atomic E-state index is 0.137. The summed E-state index contributed by atoms with van der Waals surface area (Å²) in [6, 6.07) is 9.21. The van der Waals surface area contributed by atoms with Gasteiger partial charge in [-0.25, -0.2) is 13.4 Å². The maximum absolute atomic E-state index is 12.1. The third-order valence-electron chi connectivity index (χ3n) is 2.41. The van der Waals surface area contributed by atoms with Gasteiger partial charge in [-0.15, -0.1) is 0 Å². The Balaban J connectivity index is 2.19. The van der Waals surface area contributed by atoms with E-state index >= 15 is 0 Å². The number of nitrogens with zero attached hydrogens (tertiary/aromatic N) is 1. The van der Waals surface area contributed by atoms with Gasteiger partial charge in [-0.3, -0.25) is 4.72 Å². The van der Waals surface area contributed by atoms with Crippen LogP contribution in [0, 0.1) is 0 Å². The number of aromatic nitrogens is 1. The molecule has 1 aromatic heterocycles. The van der Waals surface area contributed by atoms with Crippen molar-refractivity contribution in [1.82, 2.24) is 4.98 Å². The van der Waals surface area contributed by atoms with Crippen molar-refractivity contribution in [2.24, 2.45) is 0 Å². The molecule has 2 aromatic rings. The lowest BCUT2D eigenvalue weighted by molar-refractivity contribution is 0.340. The molecule has 1 aromatic carbocycles. The van der Waals surface area contributed by atoms with Gasteiger partial charge in [-0.05, 0) is 43.3 Å². The Morgan fingerprint density at radius 2 is 1.90 bits per heavy atom. The molecule has 0 saturated heterocycles. The first-order valence-electron chi connectivity index (χ1n) is 5.88. The Hall–Kier alpha value is -1.79. The molecule has 7 heteroatoms. The molecule has 1 N–H and O–H groups in total. The highest BCUT2D eigenvalue weighted by Crippen LogP contribution is 2.19. The zero-order chi connectivity index (χ0) is 14.6. The Morgan fingerprint density at radius 1 is 1.20 bits per heavy atom. The van der Waals surface area contributed by atoms with Crippen molar-refractivity contribution in [1.29, 1.82) is 0 Å². The van der Waals surface area contributed by atoms with Crippen LogP contribution >= 0.6 is 11.6 Å². The monoisotopic (exact) mass is 312 g/mol. The lowest BCUT2D eigenvalue weighted by atomic mass is 10.3. The summed E-state index contributed by atoms with van der Waals surface area (Å²) in [4.78, 5) is 4.03. The van der Waals surface area contributed by atoms with Gasteiger partial charge in [0.1, 0.15) is 11.6 Å². The summed E-state index contributed by atoms with van der Waals surface area (Å²) in [6.07, 6.45) is 1.37. The predicted molar refractivity (Wildman–Crippen MR) is 77.7 cm³/mol. The molecule has 2 rings (SSSR count). The first-order valence-corrected chi connectivity index (χ1v) is 7.74. The van der Waals surface area contributed by atoms with Crippen molar-refractivity contribution in [2.75, 3.05) is 11.3 Å². The number of ether oxygens (including phenoxy) is 1. The minimum atomic E-state index is -3.67. The van der Waals surface area contributed by atoms with Crippen LogP contribution in [0.4, 0.5) is 5.82 Å². The first-order chi connectivity index (χ1) is 9.51. The van der Waals surface area contributed by atoms with Gasteiger partial charge in [0.25, 0.3) is 10.0 Å². The fourth-order valence-electron chi connectivity index (χ4n) is 1.51. The average molecular weight is 313 g/mol. The van der Waals surface area contributed by atoms with Gasteiger partial charge >= 0.3 is 0 Å². The second-order valence-corrected chi connectivity index (χ2v) is 5.99. The molecule has 0 amide bonds. The molecule has 0 aliphatic heterocycles. The second-order valence-electron chi connectivity index (χ2n) is 3.87. The Kier molecular flexibility index (Phi) is 4.46. The van der Waals surface area contributed by atoms with Crippen molar-refractivity contribution in [3.05, 3.63) is 47.6 Å². The van der Waals surface area contributed by atoms with Crippen LogP contribution < -0.4 is 9.46 Å². The molecule has 106 valence electrons. The number of hydrogen-bond donors (Lipinski definition) is 1. The molecule has 0 spiro atoms. The Bertz CT molecular complexity index is 670. The van der Waals surface area contributed by atoms with Gasteiger partial charge < -0.3 is 4.74 Å². The van der Waals surface area contributed by atoms with E-state index < -0.39 is 10.0 Å². The number of hydrogen-bond acceptors (Lipinski definition) is 4. The van der Waals surface area contributed by atoms with Gasteiger partial charge in [-0.2, -0.15) is 0 Å². The summed E-state index contributed by atoms with van der Waals surface area (Å²) in [7, 11) is -3.67. The normalized spacial score (nSPS) is 11.1. The fraction of sp³-hybridized carbons (Fsp3) is 0.154. The number of halogens is 1. The average Bonchev–Trinajstić information content (AvgIpc) is 2.42. The van der Waals surface area contributed by atoms with Crippen LogP contribution in [0.25, 0.3) is 0 Å². The van der Waals surface area contributed by atoms with E-state index in [1.165, 1.54) is 24.4 Å². The standard InChI is InChI=1S/C13H13ClN2O3S/c1-2-19-11-4-6-12(7-5-11)20(17,18)16-13-8-3-10(14)9-15-13/h3-9H,2H2,1H3,(H,15,16). The molecular formula is C13H13ClN2O3S. The van der Waals surface area contributed by atoms with Gasteiger partial charge in [0.05, 0.1) is 16.5 Å². The van der Waals surface area contributed by atoms with Crippen molar-refractivity contribution in [3.63, 3.8) is 0 Å². The van der Waals surface area contributed by atoms with E-state index in [2.05, 4.69) is 9.71 Å². The minimum Gasteiger partial charge on any atom is -0.494 e. The number of nitrogens with one attached hydrogen (secondary N) is 1. The molecule has 0 saturated carbocycles. The molecule has 20 heavy (non-hydrogen) atoms. The van der Waals surface area contributed by atoms with E-state index in [9.17, 15) is 8.42 Å². The number of benzene rings is 1. The maximum atomic E-state index is 12.1. The van der Waals surface area contributed by atoms with Gasteiger partial charge in [-0.1, -0.05) is 11.6 Å². The van der Waals surface area contributed by atoms with Crippen molar-refractivity contribution in [2.45, 2.75) is 11.8 Å². The van der Waals surface area contributed by atoms with E-state index in [0.29, 0.717) is 17.4 Å². The predicted octanol–water partition coefficient (Wildman–Crippen LogP) is 2.93. The van der Waals surface area contributed by atoms with Crippen LogP contribution in [-0.2, 0) is 10.0 Å². The van der Waals surface area contributed by atoms with E-state index in [1.807, 2.05) is 6.92 Å². The zero-order valence-corrected chi connectivity index (χ0v) is 12.3. The molecule has 0 fully saturated rings. The maximum Gasteiger partial charge on any atom is 0.263 e. The Labute approximate surface area is 122 Å². The molecule has 0 radical (unpaired) electrons. The van der Waals surface area contributed by atoms with E-state index in [-0.39, 0.29) is 10.7 Å². The number of rotatable bonds is 5. The summed E-state index contributed by atoms with van der Waals surface area (Å²) in [5, 5.41) is 0.439. The van der Waals surface area contributed by atoms with Crippen LogP contribution in [0.15, 0.2) is 47.5 Å². The summed E-state index contributed by atoms with van der Waals surface area (Å²) >= 11 is 5.69. The second kappa shape index (κ2) is 6.11. The van der Waals surface area contributed by atoms with Gasteiger partial charge in [0, 0.05) is 6.20 Å². The van der Waals surface area contributed by atoms with E-state index in [4.69, 9.17) is 16.3 Å². The highest BCUT2D eigenvalue weighted by atomic mass is 35.5. The van der Waals surface area contributed by atoms with Crippen molar-refractivity contribution < 1.29 is 13.2 Å².